The second-order valence-corrected chi connectivity index (χ2v) is 15.7. The van der Waals surface area contributed by atoms with E-state index in [1.54, 1.807) is 7.11 Å². The lowest BCUT2D eigenvalue weighted by Gasteiger charge is -2.71. The number of carbonyl (C=O) groups is 3. The summed E-state index contributed by atoms with van der Waals surface area (Å²) in [6, 6.07) is 0. The van der Waals surface area contributed by atoms with Gasteiger partial charge in [0.2, 0.25) is 0 Å². The standard InChI is InChI=1S/C35H54O6/c1-21-12-17-35(30(38)39-9)19-18-33(7)25(29(35)22(21)2)10-11-27-31(5)15-14-28(41-24(4)37)32(6,20-40-23(3)36)26(31)13-16-34(27,33)8/h10,21-22,26-29H,11-20H2,1-9H3/t21-,22+,26-,27-,28+,29+,31+,32+,33-,34-,35+/m1/s1. The lowest BCUT2D eigenvalue weighted by Crippen LogP contribution is -2.66. The highest BCUT2D eigenvalue weighted by atomic mass is 16.6. The SMILES string of the molecule is COC(=O)[C@]12CC[C@@H](C)[C@H](C)[C@H]1C1=CC[C@@H]3[C@@]4(C)CC[C@H](OC(C)=O)[C@@](C)(COC(C)=O)[C@@H]4CC[C@@]3(C)[C@]1(C)CC2. The van der Waals surface area contributed by atoms with Crippen LogP contribution in [0.3, 0.4) is 0 Å². The first-order chi connectivity index (χ1) is 19.1. The lowest BCUT2D eigenvalue weighted by atomic mass is 9.33. The number of esters is 3. The maximum absolute atomic E-state index is 13.5. The number of ether oxygens (including phenoxy) is 3. The Labute approximate surface area is 247 Å². The average molecular weight is 571 g/mol. The molecular weight excluding hydrogens is 516 g/mol. The maximum Gasteiger partial charge on any atom is 0.312 e. The van der Waals surface area contributed by atoms with Gasteiger partial charge < -0.3 is 14.2 Å². The van der Waals surface area contributed by atoms with E-state index in [0.717, 1.165) is 57.8 Å². The first-order valence-electron chi connectivity index (χ1n) is 16.2. The van der Waals surface area contributed by atoms with Crippen LogP contribution in [-0.2, 0) is 28.6 Å². The van der Waals surface area contributed by atoms with Crippen LogP contribution in [0, 0.1) is 56.7 Å². The van der Waals surface area contributed by atoms with Gasteiger partial charge in [-0.05, 0) is 104 Å². The molecule has 230 valence electrons. The third kappa shape index (κ3) is 4.18. The van der Waals surface area contributed by atoms with Crippen molar-refractivity contribution in [3.8, 4) is 0 Å². The number of methoxy groups -OCH3 is 1. The molecule has 0 aliphatic heterocycles. The van der Waals surface area contributed by atoms with Gasteiger partial charge in [0.15, 0.2) is 0 Å². The van der Waals surface area contributed by atoms with Crippen LogP contribution in [0.5, 0.6) is 0 Å². The van der Waals surface area contributed by atoms with Gasteiger partial charge in [0.25, 0.3) is 0 Å². The number of rotatable bonds is 4. The fourth-order valence-electron chi connectivity index (χ4n) is 11.7. The van der Waals surface area contributed by atoms with Crippen molar-refractivity contribution < 1.29 is 28.6 Å². The molecule has 0 aromatic rings. The molecule has 6 heteroatoms. The topological polar surface area (TPSA) is 78.9 Å². The monoisotopic (exact) mass is 570 g/mol. The highest BCUT2D eigenvalue weighted by Gasteiger charge is 2.70. The molecule has 6 nitrogen and oxygen atoms in total. The summed E-state index contributed by atoms with van der Waals surface area (Å²) in [7, 11) is 1.57. The molecule has 0 saturated heterocycles. The smallest absolute Gasteiger partial charge is 0.312 e. The van der Waals surface area contributed by atoms with Gasteiger partial charge in [-0.15, -0.1) is 0 Å². The van der Waals surface area contributed by atoms with E-state index in [1.165, 1.54) is 19.4 Å². The van der Waals surface area contributed by atoms with E-state index in [4.69, 9.17) is 14.2 Å². The molecule has 0 amide bonds. The minimum Gasteiger partial charge on any atom is -0.469 e. The van der Waals surface area contributed by atoms with Gasteiger partial charge in [-0.2, -0.15) is 0 Å². The van der Waals surface area contributed by atoms with Crippen LogP contribution in [0.25, 0.3) is 0 Å². The van der Waals surface area contributed by atoms with Crippen molar-refractivity contribution >= 4 is 17.9 Å². The Hall–Kier alpha value is -1.85. The van der Waals surface area contributed by atoms with Crippen molar-refractivity contribution in [2.45, 2.75) is 119 Å². The van der Waals surface area contributed by atoms with Crippen molar-refractivity contribution in [3.63, 3.8) is 0 Å². The summed E-state index contributed by atoms with van der Waals surface area (Å²) in [6.45, 7) is 17.7. The molecular formula is C35H54O6. The van der Waals surface area contributed by atoms with Crippen LogP contribution in [0.4, 0.5) is 0 Å². The maximum atomic E-state index is 13.5. The number of fused-ring (bicyclic) bond motifs is 7. The predicted octanol–water partition coefficient (Wildman–Crippen LogP) is 7.29. The summed E-state index contributed by atoms with van der Waals surface area (Å²) in [5.74, 6) is 1.43. The zero-order valence-corrected chi connectivity index (χ0v) is 27.1. The summed E-state index contributed by atoms with van der Waals surface area (Å²) >= 11 is 0. The van der Waals surface area contributed by atoms with Crippen LogP contribution < -0.4 is 0 Å². The van der Waals surface area contributed by atoms with E-state index in [2.05, 4.69) is 47.6 Å². The summed E-state index contributed by atoms with van der Waals surface area (Å²) in [5.41, 5.74) is 0.812. The molecule has 5 aliphatic rings. The third-order valence-corrected chi connectivity index (χ3v) is 14.2. The Balaban J connectivity index is 1.57. The summed E-state index contributed by atoms with van der Waals surface area (Å²) in [4.78, 5) is 37.6. The fourth-order valence-corrected chi connectivity index (χ4v) is 11.7. The fraction of sp³-hybridized carbons (Fsp3) is 0.857. The number of hydrogen-bond acceptors (Lipinski definition) is 6. The molecule has 0 aromatic heterocycles. The van der Waals surface area contributed by atoms with Crippen molar-refractivity contribution in [3.05, 3.63) is 11.6 Å². The van der Waals surface area contributed by atoms with Gasteiger partial charge in [0.1, 0.15) is 12.7 Å². The lowest BCUT2D eigenvalue weighted by molar-refractivity contribution is -0.227. The van der Waals surface area contributed by atoms with Crippen molar-refractivity contribution in [2.24, 2.45) is 56.7 Å². The molecule has 4 saturated carbocycles. The third-order valence-electron chi connectivity index (χ3n) is 14.2. The second-order valence-electron chi connectivity index (χ2n) is 15.7. The minimum absolute atomic E-state index is 0.00261. The Morgan fingerprint density at radius 3 is 2.22 bits per heavy atom. The Morgan fingerprint density at radius 1 is 0.878 bits per heavy atom. The van der Waals surface area contributed by atoms with Crippen molar-refractivity contribution in [1.82, 2.24) is 0 Å². The summed E-state index contributed by atoms with van der Waals surface area (Å²) < 4.78 is 17.2. The van der Waals surface area contributed by atoms with Crippen LogP contribution in [0.1, 0.15) is 113 Å². The second kappa shape index (κ2) is 10.1. The average Bonchev–Trinajstić information content (AvgIpc) is 2.91. The van der Waals surface area contributed by atoms with Crippen molar-refractivity contribution in [1.29, 1.82) is 0 Å². The Bertz CT molecular complexity index is 1130. The summed E-state index contributed by atoms with van der Waals surface area (Å²) in [6.07, 6.45) is 11.1. The van der Waals surface area contributed by atoms with Crippen LogP contribution >= 0.6 is 0 Å². The van der Waals surface area contributed by atoms with Gasteiger partial charge in [0, 0.05) is 19.3 Å². The Morgan fingerprint density at radius 2 is 1.59 bits per heavy atom. The molecule has 0 N–H and O–H groups in total. The molecule has 4 fully saturated rings. The van der Waals surface area contributed by atoms with E-state index in [-0.39, 0.29) is 58.7 Å². The van der Waals surface area contributed by atoms with Gasteiger partial charge in [-0.1, -0.05) is 53.2 Å². The zero-order valence-electron chi connectivity index (χ0n) is 27.1. The van der Waals surface area contributed by atoms with Crippen molar-refractivity contribution in [2.75, 3.05) is 13.7 Å². The molecule has 41 heavy (non-hydrogen) atoms. The first kappa shape index (κ1) is 30.6. The Kier molecular flexibility index (Phi) is 7.55. The molecule has 0 spiro atoms. The molecule has 0 unspecified atom stereocenters. The van der Waals surface area contributed by atoms with E-state index in [9.17, 15) is 14.4 Å². The van der Waals surface area contributed by atoms with E-state index in [0.29, 0.717) is 17.8 Å². The van der Waals surface area contributed by atoms with E-state index in [1.807, 2.05) is 0 Å². The van der Waals surface area contributed by atoms with Gasteiger partial charge in [0.05, 0.1) is 12.5 Å². The number of hydrogen-bond donors (Lipinski definition) is 0. The summed E-state index contributed by atoms with van der Waals surface area (Å²) in [5, 5.41) is 0. The molecule has 5 aliphatic carbocycles. The largest absolute Gasteiger partial charge is 0.469 e. The number of allylic oxidation sites excluding steroid dienone is 2. The highest BCUT2D eigenvalue weighted by molar-refractivity contribution is 5.78. The molecule has 0 heterocycles. The molecule has 0 radical (unpaired) electrons. The first-order valence-corrected chi connectivity index (χ1v) is 16.2. The van der Waals surface area contributed by atoms with Gasteiger partial charge >= 0.3 is 17.9 Å². The van der Waals surface area contributed by atoms with Crippen LogP contribution in [0.15, 0.2) is 11.6 Å². The van der Waals surface area contributed by atoms with Crippen LogP contribution in [0.2, 0.25) is 0 Å². The molecule has 0 aromatic carbocycles. The van der Waals surface area contributed by atoms with E-state index >= 15 is 0 Å². The number of carbonyl (C=O) groups excluding carboxylic acids is 3. The quantitative estimate of drug-likeness (QED) is 0.201. The molecule has 5 rings (SSSR count). The van der Waals surface area contributed by atoms with E-state index < -0.39 is 10.8 Å². The zero-order chi connectivity index (χ0) is 30.2. The molecule has 11 atom stereocenters. The van der Waals surface area contributed by atoms with Crippen LogP contribution in [-0.4, -0.2) is 37.7 Å². The van der Waals surface area contributed by atoms with Gasteiger partial charge in [-0.25, -0.2) is 0 Å². The molecule has 0 bridgehead atoms. The highest BCUT2D eigenvalue weighted by Crippen LogP contribution is 2.76. The predicted molar refractivity (Wildman–Crippen MR) is 157 cm³/mol. The normalized spacial score (nSPS) is 48.8. The minimum atomic E-state index is -0.434. The van der Waals surface area contributed by atoms with Gasteiger partial charge in [-0.3, -0.25) is 14.4 Å².